The number of hydrogen-bond donors (Lipinski definition) is 0. The van der Waals surface area contributed by atoms with Gasteiger partial charge < -0.3 is 0 Å². The molecular formula is C21H20N4O2S. The van der Waals surface area contributed by atoms with Crippen LogP contribution >= 0.6 is 11.8 Å². The van der Waals surface area contributed by atoms with E-state index < -0.39 is 0 Å². The van der Waals surface area contributed by atoms with E-state index in [0.717, 1.165) is 23.4 Å². The van der Waals surface area contributed by atoms with E-state index in [2.05, 4.69) is 5.10 Å². The summed E-state index contributed by atoms with van der Waals surface area (Å²) in [6.07, 6.45) is 0.882. The fourth-order valence-electron chi connectivity index (χ4n) is 3.22. The number of thioether (sulfide) groups is 1. The second kappa shape index (κ2) is 7.59. The molecule has 3 aromatic rings. The van der Waals surface area contributed by atoms with Gasteiger partial charge in [-0.2, -0.15) is 5.10 Å². The molecular weight excluding hydrogens is 372 g/mol. The third kappa shape index (κ3) is 3.33. The number of benzene rings is 2. The Labute approximate surface area is 166 Å². The molecule has 0 radical (unpaired) electrons. The fourth-order valence-corrected chi connectivity index (χ4v) is 4.17. The molecule has 6 nitrogen and oxygen atoms in total. The number of fused-ring (bicyclic) bond motifs is 1. The average Bonchev–Trinajstić information content (AvgIpc) is 2.72. The molecule has 0 N–H and O–H groups in total. The van der Waals surface area contributed by atoms with E-state index in [1.807, 2.05) is 37.3 Å². The molecule has 0 bridgehead atoms. The van der Waals surface area contributed by atoms with Gasteiger partial charge in [0.1, 0.15) is 0 Å². The van der Waals surface area contributed by atoms with E-state index in [4.69, 9.17) is 4.99 Å². The van der Waals surface area contributed by atoms with Crippen LogP contribution in [0.25, 0.3) is 10.8 Å². The summed E-state index contributed by atoms with van der Waals surface area (Å²) < 4.78 is 1.23. The number of aryl methyl sites for hydroxylation is 2. The number of nitrogens with zero attached hydrogens (tertiary/aromatic N) is 4. The molecule has 28 heavy (non-hydrogen) atoms. The largest absolute Gasteiger partial charge is 0.286 e. The maximum absolute atomic E-state index is 13.4. The van der Waals surface area contributed by atoms with Gasteiger partial charge in [0.05, 0.1) is 11.1 Å². The van der Waals surface area contributed by atoms with E-state index >= 15 is 0 Å². The van der Waals surface area contributed by atoms with E-state index in [1.165, 1.54) is 4.68 Å². The van der Waals surface area contributed by atoms with Crippen LogP contribution in [0.1, 0.15) is 22.5 Å². The minimum atomic E-state index is -0.230. The summed E-state index contributed by atoms with van der Waals surface area (Å²) in [6.45, 7) is 2.58. The normalized spacial score (nSPS) is 15.9. The first kappa shape index (κ1) is 18.4. The van der Waals surface area contributed by atoms with Gasteiger partial charge in [0.15, 0.2) is 10.9 Å². The highest BCUT2D eigenvalue weighted by atomic mass is 32.2. The van der Waals surface area contributed by atoms with Gasteiger partial charge in [0, 0.05) is 24.7 Å². The molecule has 4 rings (SSSR count). The second-order valence-corrected chi connectivity index (χ2v) is 7.72. The van der Waals surface area contributed by atoms with Gasteiger partial charge in [0.2, 0.25) is 0 Å². The summed E-state index contributed by atoms with van der Waals surface area (Å²) in [5.74, 6) is 0.682. The van der Waals surface area contributed by atoms with Crippen molar-refractivity contribution >= 4 is 39.3 Å². The van der Waals surface area contributed by atoms with Crippen molar-refractivity contribution in [1.29, 1.82) is 0 Å². The zero-order chi connectivity index (χ0) is 19.7. The number of carbonyl (C=O) groups is 1. The second-order valence-electron chi connectivity index (χ2n) is 6.66. The average molecular weight is 392 g/mol. The highest BCUT2D eigenvalue weighted by Crippen LogP contribution is 2.26. The third-order valence-corrected chi connectivity index (χ3v) is 5.79. The zero-order valence-electron chi connectivity index (χ0n) is 15.8. The number of hydrogen-bond acceptors (Lipinski definition) is 5. The Morgan fingerprint density at radius 3 is 2.61 bits per heavy atom. The van der Waals surface area contributed by atoms with E-state index in [9.17, 15) is 9.59 Å². The first-order valence-corrected chi connectivity index (χ1v) is 10.1. The van der Waals surface area contributed by atoms with Crippen molar-refractivity contribution in [1.82, 2.24) is 14.7 Å². The van der Waals surface area contributed by atoms with Crippen LogP contribution < -0.4 is 5.56 Å². The SMILES string of the molecule is Cc1ccccc1N=C1SCCCN1C(=O)c1nn(C)c(=O)c2ccccc12. The van der Waals surface area contributed by atoms with Gasteiger partial charge in [0.25, 0.3) is 11.5 Å². The lowest BCUT2D eigenvalue weighted by Crippen LogP contribution is -2.40. The molecule has 7 heteroatoms. The van der Waals surface area contributed by atoms with Gasteiger partial charge in [-0.25, -0.2) is 9.67 Å². The molecule has 0 unspecified atom stereocenters. The molecule has 1 aromatic heterocycles. The molecule has 1 aliphatic rings. The number of aromatic nitrogens is 2. The number of amidine groups is 1. The smallest absolute Gasteiger partial charge is 0.280 e. The van der Waals surface area contributed by atoms with Gasteiger partial charge in [-0.05, 0) is 31.0 Å². The summed E-state index contributed by atoms with van der Waals surface area (Å²) in [5, 5.41) is 6.02. The fraction of sp³-hybridized carbons (Fsp3) is 0.238. The van der Waals surface area contributed by atoms with Crippen molar-refractivity contribution in [2.24, 2.45) is 12.0 Å². The molecule has 0 aliphatic carbocycles. The van der Waals surface area contributed by atoms with E-state index in [-0.39, 0.29) is 17.2 Å². The molecule has 1 fully saturated rings. The van der Waals surface area contributed by atoms with Crippen molar-refractivity contribution in [3.63, 3.8) is 0 Å². The number of para-hydroxylation sites is 1. The minimum absolute atomic E-state index is 0.214. The molecule has 2 aromatic carbocycles. The van der Waals surface area contributed by atoms with Crippen molar-refractivity contribution in [2.75, 3.05) is 12.3 Å². The highest BCUT2D eigenvalue weighted by Gasteiger charge is 2.28. The van der Waals surface area contributed by atoms with Crippen LogP contribution in [0.5, 0.6) is 0 Å². The summed E-state index contributed by atoms with van der Waals surface area (Å²) in [6, 6.07) is 15.0. The number of rotatable bonds is 2. The first-order chi connectivity index (χ1) is 13.6. The zero-order valence-corrected chi connectivity index (χ0v) is 16.6. The molecule has 0 atom stereocenters. The van der Waals surface area contributed by atoms with Crippen LogP contribution in [-0.2, 0) is 7.05 Å². The molecule has 0 saturated carbocycles. The maximum Gasteiger partial charge on any atom is 0.280 e. The first-order valence-electron chi connectivity index (χ1n) is 9.11. The molecule has 2 heterocycles. The van der Waals surface area contributed by atoms with Crippen LogP contribution in [-0.4, -0.2) is 38.1 Å². The Bertz CT molecular complexity index is 1150. The number of carbonyl (C=O) groups excluding carboxylic acids is 1. The lowest BCUT2D eigenvalue weighted by Gasteiger charge is -2.28. The lowest BCUT2D eigenvalue weighted by molar-refractivity contribution is 0.0843. The summed E-state index contributed by atoms with van der Waals surface area (Å²) in [5.41, 5.74) is 1.97. The maximum atomic E-state index is 13.4. The summed E-state index contributed by atoms with van der Waals surface area (Å²) in [7, 11) is 1.57. The molecule has 1 amide bonds. The van der Waals surface area contributed by atoms with E-state index in [0.29, 0.717) is 22.5 Å². The Hall–Kier alpha value is -2.93. The Morgan fingerprint density at radius 2 is 1.82 bits per heavy atom. The lowest BCUT2D eigenvalue weighted by atomic mass is 10.1. The Morgan fingerprint density at radius 1 is 1.11 bits per heavy atom. The topological polar surface area (TPSA) is 67.6 Å². The number of amides is 1. The van der Waals surface area contributed by atoms with Crippen molar-refractivity contribution in [3.8, 4) is 0 Å². The molecule has 0 spiro atoms. The molecule has 1 aliphatic heterocycles. The predicted octanol–water partition coefficient (Wildman–Crippen LogP) is 3.51. The van der Waals surface area contributed by atoms with Crippen molar-refractivity contribution < 1.29 is 4.79 Å². The number of aliphatic imine (C=N–C) groups is 1. The van der Waals surface area contributed by atoms with Crippen LogP contribution in [0.15, 0.2) is 58.3 Å². The van der Waals surface area contributed by atoms with Crippen LogP contribution in [0.4, 0.5) is 5.69 Å². The summed E-state index contributed by atoms with van der Waals surface area (Å²) >= 11 is 1.57. The van der Waals surface area contributed by atoms with E-state index in [1.54, 1.807) is 41.9 Å². The van der Waals surface area contributed by atoms with Crippen LogP contribution in [0.2, 0.25) is 0 Å². The Balaban J connectivity index is 1.80. The Kier molecular flexibility index (Phi) is 5.00. The molecule has 142 valence electrons. The monoisotopic (exact) mass is 392 g/mol. The van der Waals surface area contributed by atoms with Gasteiger partial charge in [-0.3, -0.25) is 14.5 Å². The quantitative estimate of drug-likeness (QED) is 0.669. The minimum Gasteiger partial charge on any atom is -0.286 e. The van der Waals surface area contributed by atoms with Gasteiger partial charge in [-0.15, -0.1) is 0 Å². The van der Waals surface area contributed by atoms with Gasteiger partial charge in [-0.1, -0.05) is 48.2 Å². The highest BCUT2D eigenvalue weighted by molar-refractivity contribution is 8.13. The predicted molar refractivity (Wildman–Crippen MR) is 113 cm³/mol. The van der Waals surface area contributed by atoms with Crippen LogP contribution in [0, 0.1) is 6.92 Å². The van der Waals surface area contributed by atoms with Crippen molar-refractivity contribution in [2.45, 2.75) is 13.3 Å². The summed E-state index contributed by atoms with van der Waals surface area (Å²) in [4.78, 5) is 32.2. The van der Waals surface area contributed by atoms with Crippen molar-refractivity contribution in [3.05, 3.63) is 70.1 Å². The van der Waals surface area contributed by atoms with Gasteiger partial charge >= 0.3 is 0 Å². The third-order valence-electron chi connectivity index (χ3n) is 4.72. The standard InChI is InChI=1S/C21H20N4O2S/c1-14-8-3-6-11-17(14)22-21-25(12-7-13-28-21)20(27)18-15-9-4-5-10-16(15)19(26)24(2)23-18/h3-6,8-11H,7,12-13H2,1-2H3. The molecule has 1 saturated heterocycles. The van der Waals surface area contributed by atoms with Crippen LogP contribution in [0.3, 0.4) is 0 Å².